The number of aryl methyl sites for hydroxylation is 1. The number of hydrogen-bond donors (Lipinski definition) is 0. The lowest BCUT2D eigenvalue weighted by Gasteiger charge is -2.05. The first kappa shape index (κ1) is 23.4. The lowest BCUT2D eigenvalue weighted by Crippen LogP contribution is -2.03. The number of benzene rings is 1. The van der Waals surface area contributed by atoms with E-state index in [0.29, 0.717) is 21.2 Å². The minimum Gasteiger partial charge on any atom is -0.272 e. The molecule has 3 heterocycles. The van der Waals surface area contributed by atoms with Crippen LogP contribution < -0.4 is 0 Å². The van der Waals surface area contributed by atoms with Crippen molar-refractivity contribution >= 4 is 46.3 Å². The molecule has 0 saturated heterocycles. The van der Waals surface area contributed by atoms with Gasteiger partial charge in [0.15, 0.2) is 0 Å². The van der Waals surface area contributed by atoms with Crippen molar-refractivity contribution < 1.29 is 0 Å². The van der Waals surface area contributed by atoms with E-state index < -0.39 is 0 Å². The van der Waals surface area contributed by atoms with Crippen molar-refractivity contribution in [3.63, 3.8) is 0 Å². The first-order valence-corrected chi connectivity index (χ1v) is 12.9. The second-order valence-electron chi connectivity index (χ2n) is 8.35. The van der Waals surface area contributed by atoms with Crippen LogP contribution in [0.3, 0.4) is 0 Å². The zero-order chi connectivity index (χ0) is 23.0. The van der Waals surface area contributed by atoms with Crippen molar-refractivity contribution in [1.29, 1.82) is 0 Å². The Hall–Kier alpha value is -1.80. The molecule has 4 aromatic rings. The van der Waals surface area contributed by atoms with E-state index in [1.165, 1.54) is 0 Å². The number of rotatable bonds is 7. The third-order valence-electron chi connectivity index (χ3n) is 4.71. The molecule has 9 heteroatoms. The van der Waals surface area contributed by atoms with Gasteiger partial charge < -0.3 is 0 Å². The SMILES string of the molecule is Cc1nn(-c2nc(-c3ccc(Cl)c(Cl)c3)c(SC(C)C)s2)cc1-c1cnn(CC(C)C)c1. The summed E-state index contributed by atoms with van der Waals surface area (Å²) in [4.78, 5) is 4.94. The summed E-state index contributed by atoms with van der Waals surface area (Å²) >= 11 is 15.8. The van der Waals surface area contributed by atoms with Crippen LogP contribution in [0, 0.1) is 12.8 Å². The van der Waals surface area contributed by atoms with Crippen LogP contribution in [-0.2, 0) is 6.54 Å². The highest BCUT2D eigenvalue weighted by atomic mass is 35.5. The first-order valence-electron chi connectivity index (χ1n) is 10.4. The third-order valence-corrected chi connectivity index (χ3v) is 7.71. The summed E-state index contributed by atoms with van der Waals surface area (Å²) in [6.07, 6.45) is 6.02. The molecule has 32 heavy (non-hydrogen) atoms. The van der Waals surface area contributed by atoms with Gasteiger partial charge >= 0.3 is 0 Å². The predicted molar refractivity (Wildman–Crippen MR) is 136 cm³/mol. The van der Waals surface area contributed by atoms with Crippen molar-refractivity contribution in [3.8, 4) is 27.5 Å². The average Bonchev–Trinajstić information content (AvgIpc) is 3.42. The smallest absolute Gasteiger partial charge is 0.211 e. The maximum atomic E-state index is 6.28. The standard InChI is InChI=1S/C23H25Cl2N5S2/c1-13(2)10-29-11-17(9-26-29)18-12-30(28-15(18)5)23-27-21(22(32-23)31-14(3)4)16-6-7-19(24)20(25)8-16/h6-9,11-14H,10H2,1-5H3. The normalized spacial score (nSPS) is 11.8. The van der Waals surface area contributed by atoms with Gasteiger partial charge in [-0.2, -0.15) is 10.2 Å². The van der Waals surface area contributed by atoms with Gasteiger partial charge in [-0.1, -0.05) is 68.3 Å². The van der Waals surface area contributed by atoms with E-state index in [2.05, 4.69) is 39.0 Å². The van der Waals surface area contributed by atoms with Crippen LogP contribution in [0.2, 0.25) is 10.0 Å². The molecule has 0 radical (unpaired) electrons. The molecule has 1 aromatic carbocycles. The zero-order valence-electron chi connectivity index (χ0n) is 18.6. The van der Waals surface area contributed by atoms with E-state index in [-0.39, 0.29) is 0 Å². The number of thiazole rings is 1. The highest BCUT2D eigenvalue weighted by molar-refractivity contribution is 8.01. The molecule has 0 aliphatic heterocycles. The van der Waals surface area contributed by atoms with E-state index in [0.717, 1.165) is 44.0 Å². The maximum Gasteiger partial charge on any atom is 0.211 e. The number of thioether (sulfide) groups is 1. The lowest BCUT2D eigenvalue weighted by atomic mass is 10.1. The fourth-order valence-electron chi connectivity index (χ4n) is 3.33. The highest BCUT2D eigenvalue weighted by Crippen LogP contribution is 2.41. The van der Waals surface area contributed by atoms with Crippen LogP contribution in [0.4, 0.5) is 0 Å². The van der Waals surface area contributed by atoms with E-state index in [9.17, 15) is 0 Å². The zero-order valence-corrected chi connectivity index (χ0v) is 21.8. The summed E-state index contributed by atoms with van der Waals surface area (Å²) in [5.74, 6) is 0.540. The minimum atomic E-state index is 0.423. The molecular weight excluding hydrogens is 481 g/mol. The van der Waals surface area contributed by atoms with Crippen molar-refractivity contribution in [2.75, 3.05) is 0 Å². The molecule has 0 aliphatic carbocycles. The average molecular weight is 507 g/mol. The van der Waals surface area contributed by atoms with Gasteiger partial charge in [0.25, 0.3) is 0 Å². The maximum absolute atomic E-state index is 6.28. The van der Waals surface area contributed by atoms with Crippen LogP contribution in [0.5, 0.6) is 0 Å². The largest absolute Gasteiger partial charge is 0.272 e. The van der Waals surface area contributed by atoms with Crippen molar-refractivity contribution in [3.05, 3.63) is 52.5 Å². The first-order chi connectivity index (χ1) is 15.2. The van der Waals surface area contributed by atoms with Gasteiger partial charge in [0.2, 0.25) is 5.13 Å². The van der Waals surface area contributed by atoms with E-state index in [4.69, 9.17) is 33.3 Å². The van der Waals surface area contributed by atoms with Crippen molar-refractivity contribution in [2.24, 2.45) is 5.92 Å². The monoisotopic (exact) mass is 505 g/mol. The van der Waals surface area contributed by atoms with Gasteiger partial charge in [0.1, 0.15) is 0 Å². The Bertz CT molecular complexity index is 1240. The van der Waals surface area contributed by atoms with Gasteiger partial charge in [-0.3, -0.25) is 4.68 Å². The van der Waals surface area contributed by atoms with Gasteiger partial charge in [0.05, 0.1) is 31.8 Å². The number of aromatic nitrogens is 5. The van der Waals surface area contributed by atoms with Crippen molar-refractivity contribution in [1.82, 2.24) is 24.5 Å². The second-order valence-corrected chi connectivity index (χ2v) is 12.0. The van der Waals surface area contributed by atoms with Crippen LogP contribution in [-0.4, -0.2) is 29.8 Å². The van der Waals surface area contributed by atoms with Crippen LogP contribution in [0.15, 0.2) is 41.0 Å². The molecule has 0 N–H and O–H groups in total. The van der Waals surface area contributed by atoms with E-state index in [1.807, 2.05) is 46.9 Å². The Kier molecular flexibility index (Phi) is 7.00. The van der Waals surface area contributed by atoms with Gasteiger partial charge in [-0.25, -0.2) is 9.67 Å². The Morgan fingerprint density at radius 3 is 2.53 bits per heavy atom. The van der Waals surface area contributed by atoms with Gasteiger partial charge in [0, 0.05) is 40.9 Å². The Labute approximate surface area is 206 Å². The highest BCUT2D eigenvalue weighted by Gasteiger charge is 2.19. The second kappa shape index (κ2) is 9.59. The molecule has 0 aliphatic rings. The topological polar surface area (TPSA) is 48.5 Å². The number of nitrogens with zero attached hydrogens (tertiary/aromatic N) is 5. The third kappa shape index (κ3) is 5.06. The quantitative estimate of drug-likeness (QED) is 0.242. The summed E-state index contributed by atoms with van der Waals surface area (Å²) in [7, 11) is 0. The molecular formula is C23H25Cl2N5S2. The molecule has 0 bridgehead atoms. The molecule has 0 fully saturated rings. The Morgan fingerprint density at radius 1 is 1.06 bits per heavy atom. The molecule has 0 unspecified atom stereocenters. The minimum absolute atomic E-state index is 0.423. The van der Waals surface area contributed by atoms with Crippen LogP contribution >= 0.6 is 46.3 Å². The molecule has 0 amide bonds. The van der Waals surface area contributed by atoms with Crippen molar-refractivity contribution in [2.45, 2.75) is 50.6 Å². The summed E-state index contributed by atoms with van der Waals surface area (Å²) in [6.45, 7) is 11.6. The molecule has 0 spiro atoms. The van der Waals surface area contributed by atoms with Crippen LogP contribution in [0.25, 0.3) is 27.5 Å². The fourth-order valence-corrected chi connectivity index (χ4v) is 6.08. The van der Waals surface area contributed by atoms with Crippen LogP contribution in [0.1, 0.15) is 33.4 Å². The van der Waals surface area contributed by atoms with E-state index >= 15 is 0 Å². The lowest BCUT2D eigenvalue weighted by molar-refractivity contribution is 0.483. The Balaban J connectivity index is 1.72. The van der Waals surface area contributed by atoms with Gasteiger partial charge in [-0.05, 0) is 25.0 Å². The Morgan fingerprint density at radius 2 is 1.84 bits per heavy atom. The summed E-state index contributed by atoms with van der Waals surface area (Å²) in [6, 6.07) is 5.64. The molecule has 4 rings (SSSR count). The fraction of sp³-hybridized carbons (Fsp3) is 0.348. The number of hydrogen-bond acceptors (Lipinski definition) is 5. The number of halogens is 2. The molecule has 5 nitrogen and oxygen atoms in total. The molecule has 0 atom stereocenters. The summed E-state index contributed by atoms with van der Waals surface area (Å²) in [5.41, 5.74) is 4.92. The molecule has 0 saturated carbocycles. The molecule has 168 valence electrons. The summed E-state index contributed by atoms with van der Waals surface area (Å²) < 4.78 is 4.98. The van der Waals surface area contributed by atoms with Gasteiger partial charge in [-0.15, -0.1) is 11.8 Å². The predicted octanol–water partition coefficient (Wildman–Crippen LogP) is 7.63. The molecule has 3 aromatic heterocycles. The van der Waals surface area contributed by atoms with E-state index in [1.54, 1.807) is 23.1 Å². The summed E-state index contributed by atoms with van der Waals surface area (Å²) in [5, 5.41) is 11.6.